The van der Waals surface area contributed by atoms with Crippen LogP contribution in [0.5, 0.6) is 0 Å². The van der Waals surface area contributed by atoms with Crippen LogP contribution in [-0.2, 0) is 16.6 Å². The summed E-state index contributed by atoms with van der Waals surface area (Å²) in [5.41, 5.74) is 1.38. The quantitative estimate of drug-likeness (QED) is 0.467. The first-order valence-corrected chi connectivity index (χ1v) is 12.2. The molecule has 4 rings (SSSR count). The van der Waals surface area contributed by atoms with Gasteiger partial charge < -0.3 is 15.1 Å². The molecule has 172 valence electrons. The number of rotatable bonds is 8. The van der Waals surface area contributed by atoms with Gasteiger partial charge in [0.1, 0.15) is 5.76 Å². The highest BCUT2D eigenvalue weighted by Gasteiger charge is 2.18. The van der Waals surface area contributed by atoms with E-state index in [1.165, 1.54) is 30.5 Å². The first-order chi connectivity index (χ1) is 15.9. The van der Waals surface area contributed by atoms with Crippen LogP contribution in [0.4, 0.5) is 5.69 Å². The van der Waals surface area contributed by atoms with Gasteiger partial charge in [0.05, 0.1) is 17.7 Å². The third-order valence-electron chi connectivity index (χ3n) is 5.54. The molecule has 2 amide bonds. The normalized spacial score (nSPS) is 14.2. The Morgan fingerprint density at radius 3 is 2.15 bits per heavy atom. The second-order valence-corrected chi connectivity index (χ2v) is 9.68. The Morgan fingerprint density at radius 2 is 1.52 bits per heavy atom. The van der Waals surface area contributed by atoms with E-state index in [1.54, 1.807) is 36.4 Å². The Kier molecular flexibility index (Phi) is 6.90. The molecule has 0 radical (unpaired) electrons. The maximum atomic E-state index is 12.5. The Balaban J connectivity index is 1.34. The molecule has 0 atom stereocenters. The van der Waals surface area contributed by atoms with Crippen molar-refractivity contribution in [2.75, 3.05) is 5.32 Å². The average Bonchev–Trinajstić information content (AvgIpc) is 3.53. The van der Waals surface area contributed by atoms with Crippen molar-refractivity contribution < 1.29 is 22.4 Å². The zero-order valence-electron chi connectivity index (χ0n) is 17.9. The van der Waals surface area contributed by atoms with Crippen LogP contribution >= 0.6 is 0 Å². The predicted octanol–water partition coefficient (Wildman–Crippen LogP) is 3.68. The van der Waals surface area contributed by atoms with E-state index in [4.69, 9.17) is 4.42 Å². The topological polar surface area (TPSA) is 118 Å². The Morgan fingerprint density at radius 1 is 0.879 bits per heavy atom. The van der Waals surface area contributed by atoms with E-state index in [-0.39, 0.29) is 29.3 Å². The number of furan rings is 1. The summed E-state index contributed by atoms with van der Waals surface area (Å²) in [4.78, 5) is 24.9. The number of anilines is 1. The molecule has 0 aliphatic heterocycles. The van der Waals surface area contributed by atoms with Crippen LogP contribution in [0.3, 0.4) is 0 Å². The lowest BCUT2D eigenvalue weighted by atomic mass is 10.1. The molecule has 1 heterocycles. The molecule has 1 aliphatic rings. The molecule has 1 aromatic heterocycles. The summed E-state index contributed by atoms with van der Waals surface area (Å²) in [6.45, 7) is 0.0340. The molecule has 33 heavy (non-hydrogen) atoms. The van der Waals surface area contributed by atoms with Crippen LogP contribution in [0.15, 0.2) is 76.2 Å². The van der Waals surface area contributed by atoms with Gasteiger partial charge in [-0.15, -0.1) is 0 Å². The molecule has 1 fully saturated rings. The number of nitrogens with one attached hydrogen (secondary N) is 3. The van der Waals surface area contributed by atoms with E-state index in [9.17, 15) is 18.0 Å². The lowest BCUT2D eigenvalue weighted by molar-refractivity contribution is 0.0937. The highest BCUT2D eigenvalue weighted by molar-refractivity contribution is 7.89. The fourth-order valence-corrected chi connectivity index (χ4v) is 4.69. The van der Waals surface area contributed by atoms with Gasteiger partial charge in [0, 0.05) is 22.9 Å². The van der Waals surface area contributed by atoms with Gasteiger partial charge in [0.2, 0.25) is 10.0 Å². The highest BCUT2D eigenvalue weighted by atomic mass is 32.2. The summed E-state index contributed by atoms with van der Waals surface area (Å²) in [5.74, 6) is -0.000472. The van der Waals surface area contributed by atoms with Crippen molar-refractivity contribution in [3.63, 3.8) is 0 Å². The van der Waals surface area contributed by atoms with Crippen molar-refractivity contribution in [3.05, 3.63) is 83.8 Å². The van der Waals surface area contributed by atoms with Crippen LogP contribution in [0.1, 0.15) is 52.2 Å². The maximum Gasteiger partial charge on any atom is 0.255 e. The first kappa shape index (κ1) is 22.8. The number of carbonyl (C=O) groups excluding carboxylic acids is 2. The molecule has 1 aliphatic carbocycles. The van der Waals surface area contributed by atoms with E-state index in [0.29, 0.717) is 22.6 Å². The van der Waals surface area contributed by atoms with Crippen molar-refractivity contribution in [1.29, 1.82) is 0 Å². The summed E-state index contributed by atoms with van der Waals surface area (Å²) in [6, 6.07) is 15.9. The second-order valence-electron chi connectivity index (χ2n) is 7.91. The van der Waals surface area contributed by atoms with E-state index in [2.05, 4.69) is 15.4 Å². The number of sulfonamides is 1. The minimum absolute atomic E-state index is 0.0340. The Labute approximate surface area is 192 Å². The number of carbonyl (C=O) groups is 2. The van der Waals surface area contributed by atoms with Gasteiger partial charge in [-0.05, 0) is 73.5 Å². The standard InChI is InChI=1S/C24H25N3O5S/c28-23(26-19-4-1-2-5-19)17-7-11-20(12-8-17)27-24(29)18-9-13-22(14-10-18)33(30,31)25-16-21-6-3-15-32-21/h3,6-15,19,25H,1-2,4-5,16H2,(H,26,28)(H,27,29). The summed E-state index contributed by atoms with van der Waals surface area (Å²) in [6.07, 6.45) is 5.78. The Hall–Kier alpha value is -3.43. The molecule has 9 heteroatoms. The molecule has 1 saturated carbocycles. The number of benzene rings is 2. The van der Waals surface area contributed by atoms with E-state index in [1.807, 2.05) is 0 Å². The van der Waals surface area contributed by atoms with Gasteiger partial charge in [0.25, 0.3) is 11.8 Å². The smallest absolute Gasteiger partial charge is 0.255 e. The largest absolute Gasteiger partial charge is 0.468 e. The predicted molar refractivity (Wildman–Crippen MR) is 123 cm³/mol. The molecule has 0 spiro atoms. The van der Waals surface area contributed by atoms with Crippen LogP contribution in [0.25, 0.3) is 0 Å². The SMILES string of the molecule is O=C(Nc1ccc(C(=O)NC2CCCC2)cc1)c1ccc(S(=O)(=O)NCc2ccco2)cc1. The lowest BCUT2D eigenvalue weighted by Gasteiger charge is -2.12. The summed E-state index contributed by atoms with van der Waals surface area (Å²) < 4.78 is 32.4. The first-order valence-electron chi connectivity index (χ1n) is 10.8. The lowest BCUT2D eigenvalue weighted by Crippen LogP contribution is -2.32. The summed E-state index contributed by atoms with van der Waals surface area (Å²) in [5, 5.41) is 5.78. The van der Waals surface area contributed by atoms with Crippen molar-refractivity contribution in [1.82, 2.24) is 10.0 Å². The molecule has 8 nitrogen and oxygen atoms in total. The van der Waals surface area contributed by atoms with Gasteiger partial charge in [-0.25, -0.2) is 13.1 Å². The van der Waals surface area contributed by atoms with E-state index >= 15 is 0 Å². The number of hydrogen-bond donors (Lipinski definition) is 3. The fourth-order valence-electron chi connectivity index (χ4n) is 3.70. The molecular formula is C24H25N3O5S. The minimum Gasteiger partial charge on any atom is -0.468 e. The molecule has 0 bridgehead atoms. The number of amides is 2. The van der Waals surface area contributed by atoms with Crippen LogP contribution < -0.4 is 15.4 Å². The van der Waals surface area contributed by atoms with Crippen LogP contribution in [-0.4, -0.2) is 26.3 Å². The minimum atomic E-state index is -3.74. The summed E-state index contributed by atoms with van der Waals surface area (Å²) in [7, 11) is -3.74. The van der Waals surface area contributed by atoms with Gasteiger partial charge in [-0.1, -0.05) is 12.8 Å². The molecule has 2 aromatic carbocycles. The molecule has 3 N–H and O–H groups in total. The van der Waals surface area contributed by atoms with Gasteiger partial charge in [0.15, 0.2) is 0 Å². The van der Waals surface area contributed by atoms with Crippen molar-refractivity contribution in [3.8, 4) is 0 Å². The van der Waals surface area contributed by atoms with Crippen molar-refractivity contribution >= 4 is 27.5 Å². The summed E-state index contributed by atoms with van der Waals surface area (Å²) >= 11 is 0. The van der Waals surface area contributed by atoms with Gasteiger partial charge >= 0.3 is 0 Å². The molecule has 0 saturated heterocycles. The molecule has 0 unspecified atom stereocenters. The monoisotopic (exact) mass is 467 g/mol. The van der Waals surface area contributed by atoms with Crippen molar-refractivity contribution in [2.45, 2.75) is 43.2 Å². The van der Waals surface area contributed by atoms with Crippen LogP contribution in [0, 0.1) is 0 Å². The zero-order chi connectivity index (χ0) is 23.3. The van der Waals surface area contributed by atoms with E-state index in [0.717, 1.165) is 25.7 Å². The number of hydrogen-bond acceptors (Lipinski definition) is 5. The zero-order valence-corrected chi connectivity index (χ0v) is 18.7. The van der Waals surface area contributed by atoms with Crippen molar-refractivity contribution in [2.24, 2.45) is 0 Å². The maximum absolute atomic E-state index is 12.5. The average molecular weight is 468 g/mol. The highest BCUT2D eigenvalue weighted by Crippen LogP contribution is 2.19. The van der Waals surface area contributed by atoms with Gasteiger partial charge in [-0.3, -0.25) is 9.59 Å². The van der Waals surface area contributed by atoms with Crippen LogP contribution in [0.2, 0.25) is 0 Å². The molecule has 3 aromatic rings. The third kappa shape index (κ3) is 5.88. The second kappa shape index (κ2) is 10.0. The molecular weight excluding hydrogens is 442 g/mol. The fraction of sp³-hybridized carbons (Fsp3) is 0.250. The third-order valence-corrected chi connectivity index (χ3v) is 6.96. The van der Waals surface area contributed by atoms with Gasteiger partial charge in [-0.2, -0.15) is 0 Å². The van der Waals surface area contributed by atoms with E-state index < -0.39 is 10.0 Å². The Bertz CT molecular complexity index is 1200.